The Balaban J connectivity index is 1.16. The number of piperazine rings is 1. The number of fused-ring (bicyclic) bond motifs is 1. The molecule has 0 unspecified atom stereocenters. The number of aromatic nitrogens is 2. The Bertz CT molecular complexity index is 1870. The molecular formula is C39H46ClN5O5. The Morgan fingerprint density at radius 1 is 1.04 bits per heavy atom. The lowest BCUT2D eigenvalue weighted by atomic mass is 9.71. The summed E-state index contributed by atoms with van der Waals surface area (Å²) in [6.07, 6.45) is 5.84. The van der Waals surface area contributed by atoms with Gasteiger partial charge in [-0.15, -0.1) is 0 Å². The minimum Gasteiger partial charge on any atom is -0.465 e. The molecule has 11 heteroatoms. The first-order valence-electron chi connectivity index (χ1n) is 17.1. The number of anilines is 1. The van der Waals surface area contributed by atoms with E-state index < -0.39 is 11.6 Å². The number of nitrogens with one attached hydrogen (secondary N) is 2. The number of H-pyrrole nitrogens is 1. The molecule has 0 radical (unpaired) electrons. The predicted molar refractivity (Wildman–Crippen MR) is 197 cm³/mol. The quantitative estimate of drug-likeness (QED) is 0.169. The maximum Gasteiger partial charge on any atom is 0.407 e. The molecule has 2 aromatic heterocycles. The fourth-order valence-corrected chi connectivity index (χ4v) is 6.95. The van der Waals surface area contributed by atoms with E-state index in [4.69, 9.17) is 25.8 Å². The third kappa shape index (κ3) is 8.60. The van der Waals surface area contributed by atoms with Crippen LogP contribution in [0.3, 0.4) is 0 Å². The molecule has 1 saturated heterocycles. The molecule has 0 saturated carbocycles. The standard InChI is InChI=1S/C39H46ClN5O5/c1-38(2,3)50-37(47)43-25-39(4)14-12-32(26-6-8-29(40)9-7-26)28(22-39)24-44-16-18-45(19-17-44)30-10-11-33(36(46)48-5)34(21-30)49-31-20-27-13-15-41-35(27)42-23-31/h6-11,13,15,20-21,23H,12,14,16-19,22,24-25H2,1-5H3,(H,41,42)(H,43,47)/t39-/m1/s1. The predicted octanol–water partition coefficient (Wildman–Crippen LogP) is 8.09. The summed E-state index contributed by atoms with van der Waals surface area (Å²) in [7, 11) is 1.37. The van der Waals surface area contributed by atoms with E-state index in [-0.39, 0.29) is 11.5 Å². The van der Waals surface area contributed by atoms with E-state index >= 15 is 0 Å². The molecule has 1 fully saturated rings. The van der Waals surface area contributed by atoms with Crippen LogP contribution in [-0.2, 0) is 9.47 Å². The number of allylic oxidation sites excluding steroid dienone is 1. The highest BCUT2D eigenvalue weighted by Crippen LogP contribution is 2.43. The van der Waals surface area contributed by atoms with Crippen LogP contribution in [-0.4, -0.2) is 78.9 Å². The molecule has 2 aromatic carbocycles. The molecule has 50 heavy (non-hydrogen) atoms. The molecule has 0 spiro atoms. The number of esters is 1. The van der Waals surface area contributed by atoms with E-state index in [1.165, 1.54) is 23.8 Å². The van der Waals surface area contributed by atoms with Gasteiger partial charge in [-0.05, 0) is 93.0 Å². The molecule has 3 heterocycles. The van der Waals surface area contributed by atoms with Gasteiger partial charge in [0.15, 0.2) is 0 Å². The monoisotopic (exact) mass is 699 g/mol. The lowest BCUT2D eigenvalue weighted by molar-refractivity contribution is 0.0498. The summed E-state index contributed by atoms with van der Waals surface area (Å²) in [4.78, 5) is 37.5. The largest absolute Gasteiger partial charge is 0.465 e. The second kappa shape index (κ2) is 14.7. The molecule has 10 nitrogen and oxygen atoms in total. The highest BCUT2D eigenvalue weighted by Gasteiger charge is 2.34. The van der Waals surface area contributed by atoms with E-state index in [1.807, 2.05) is 63.4 Å². The number of hydrogen-bond donors (Lipinski definition) is 2. The van der Waals surface area contributed by atoms with E-state index in [2.05, 4.69) is 44.1 Å². The SMILES string of the molecule is COC(=O)c1ccc(N2CCN(CC3=C(c4ccc(Cl)cc4)CC[C@@](C)(CNC(=O)OC(C)(C)C)C3)CC2)cc1Oc1cnc2[nH]ccc2c1. The number of aromatic amines is 1. The Labute approximate surface area is 298 Å². The number of hydrogen-bond acceptors (Lipinski definition) is 8. The van der Waals surface area contributed by atoms with Crippen molar-refractivity contribution in [3.05, 3.63) is 88.7 Å². The van der Waals surface area contributed by atoms with Crippen LogP contribution < -0.4 is 15.0 Å². The Morgan fingerprint density at radius 3 is 2.52 bits per heavy atom. The number of benzene rings is 2. The highest BCUT2D eigenvalue weighted by molar-refractivity contribution is 6.30. The van der Waals surface area contributed by atoms with Gasteiger partial charge in [0.05, 0.1) is 13.3 Å². The van der Waals surface area contributed by atoms with Gasteiger partial charge in [-0.25, -0.2) is 14.6 Å². The summed E-state index contributed by atoms with van der Waals surface area (Å²) < 4.78 is 16.8. The highest BCUT2D eigenvalue weighted by atomic mass is 35.5. The maximum atomic E-state index is 12.7. The number of pyridine rings is 1. The zero-order chi connectivity index (χ0) is 35.5. The summed E-state index contributed by atoms with van der Waals surface area (Å²) in [6.45, 7) is 12.6. The van der Waals surface area contributed by atoms with Gasteiger partial charge in [-0.2, -0.15) is 0 Å². The van der Waals surface area contributed by atoms with Gasteiger partial charge in [0.2, 0.25) is 0 Å². The Hall–Kier alpha value is -4.54. The van der Waals surface area contributed by atoms with Crippen LogP contribution in [0.5, 0.6) is 11.5 Å². The summed E-state index contributed by atoms with van der Waals surface area (Å²) in [5.74, 6) is 0.500. The number of carbonyl (C=O) groups excluding carboxylic acids is 2. The lowest BCUT2D eigenvalue weighted by Gasteiger charge is -2.41. The van der Waals surface area contributed by atoms with Gasteiger partial charge in [-0.3, -0.25) is 4.90 Å². The van der Waals surface area contributed by atoms with E-state index in [1.54, 1.807) is 12.3 Å². The molecule has 6 rings (SSSR count). The molecule has 1 amide bonds. The molecule has 0 bridgehead atoms. The summed E-state index contributed by atoms with van der Waals surface area (Å²) in [5.41, 5.74) is 5.42. The van der Waals surface area contributed by atoms with Crippen molar-refractivity contribution >= 4 is 46.0 Å². The van der Waals surface area contributed by atoms with Crippen molar-refractivity contribution in [1.29, 1.82) is 0 Å². The van der Waals surface area contributed by atoms with Gasteiger partial charge in [0.25, 0.3) is 0 Å². The first-order chi connectivity index (χ1) is 23.9. The second-order valence-corrected chi connectivity index (χ2v) is 15.0. The second-order valence-electron chi connectivity index (χ2n) is 14.6. The fourth-order valence-electron chi connectivity index (χ4n) is 6.82. The van der Waals surface area contributed by atoms with Crippen LogP contribution in [0.4, 0.5) is 10.5 Å². The maximum absolute atomic E-state index is 12.7. The van der Waals surface area contributed by atoms with Crippen molar-refractivity contribution in [2.45, 2.75) is 52.6 Å². The van der Waals surface area contributed by atoms with Crippen molar-refractivity contribution in [2.24, 2.45) is 5.41 Å². The van der Waals surface area contributed by atoms with Gasteiger partial charge in [0, 0.05) is 67.6 Å². The molecule has 1 aliphatic carbocycles. The van der Waals surface area contributed by atoms with Crippen molar-refractivity contribution in [2.75, 3.05) is 51.3 Å². The molecule has 1 aliphatic heterocycles. The number of alkyl carbamates (subject to hydrolysis) is 1. The topological polar surface area (TPSA) is 109 Å². The number of carbonyl (C=O) groups is 2. The van der Waals surface area contributed by atoms with Gasteiger partial charge < -0.3 is 29.4 Å². The van der Waals surface area contributed by atoms with Crippen molar-refractivity contribution in [3.63, 3.8) is 0 Å². The third-order valence-corrected chi connectivity index (χ3v) is 9.67. The minimum atomic E-state index is -0.542. The zero-order valence-electron chi connectivity index (χ0n) is 29.5. The molecule has 2 N–H and O–H groups in total. The molecule has 1 atom stereocenters. The average Bonchev–Trinajstić information content (AvgIpc) is 3.56. The van der Waals surface area contributed by atoms with E-state index in [0.29, 0.717) is 23.6 Å². The number of nitrogens with zero attached hydrogens (tertiary/aromatic N) is 3. The van der Waals surface area contributed by atoms with Crippen molar-refractivity contribution in [3.8, 4) is 11.5 Å². The molecule has 264 valence electrons. The third-order valence-electron chi connectivity index (χ3n) is 9.42. The van der Waals surface area contributed by atoms with Crippen LogP contribution in [0.25, 0.3) is 16.6 Å². The summed E-state index contributed by atoms with van der Waals surface area (Å²) in [5, 5.41) is 4.68. The van der Waals surface area contributed by atoms with Gasteiger partial charge in [0.1, 0.15) is 28.3 Å². The first-order valence-corrected chi connectivity index (χ1v) is 17.5. The molecular weight excluding hydrogens is 654 g/mol. The molecule has 4 aromatic rings. The summed E-state index contributed by atoms with van der Waals surface area (Å²) >= 11 is 6.25. The van der Waals surface area contributed by atoms with Crippen LogP contribution in [0.15, 0.2) is 72.6 Å². The number of ether oxygens (including phenoxy) is 3. The molecule has 2 aliphatic rings. The smallest absolute Gasteiger partial charge is 0.407 e. The van der Waals surface area contributed by atoms with Crippen LogP contribution in [0, 0.1) is 5.41 Å². The number of amides is 1. The zero-order valence-corrected chi connectivity index (χ0v) is 30.2. The fraction of sp³-hybridized carbons (Fsp3) is 0.410. The average molecular weight is 700 g/mol. The Kier molecular flexibility index (Phi) is 10.4. The van der Waals surface area contributed by atoms with Gasteiger partial charge in [-0.1, -0.05) is 36.2 Å². The lowest BCUT2D eigenvalue weighted by Crippen LogP contribution is -2.47. The van der Waals surface area contributed by atoms with E-state index in [0.717, 1.165) is 73.7 Å². The Morgan fingerprint density at radius 2 is 1.80 bits per heavy atom. The van der Waals surface area contributed by atoms with Gasteiger partial charge >= 0.3 is 12.1 Å². The van der Waals surface area contributed by atoms with E-state index in [9.17, 15) is 9.59 Å². The van der Waals surface area contributed by atoms with Crippen LogP contribution in [0.2, 0.25) is 5.02 Å². The minimum absolute atomic E-state index is 0.0943. The normalized spacial score (nSPS) is 18.6. The van der Waals surface area contributed by atoms with Crippen LogP contribution >= 0.6 is 11.6 Å². The van der Waals surface area contributed by atoms with Crippen LogP contribution in [0.1, 0.15) is 62.9 Å². The first kappa shape index (κ1) is 35.3. The van der Waals surface area contributed by atoms with Crippen molar-refractivity contribution in [1.82, 2.24) is 20.2 Å². The van der Waals surface area contributed by atoms with Crippen molar-refractivity contribution < 1.29 is 23.8 Å². The number of halogens is 1. The number of rotatable bonds is 9. The summed E-state index contributed by atoms with van der Waals surface area (Å²) in [6, 6.07) is 17.6. The number of methoxy groups -OCH3 is 1.